The predicted octanol–water partition coefficient (Wildman–Crippen LogP) is 4.66. The Morgan fingerprint density at radius 2 is 1.62 bits per heavy atom. The number of urea groups is 1. The second kappa shape index (κ2) is 10.3. The van der Waals surface area contributed by atoms with Crippen LogP contribution in [0.5, 0.6) is 0 Å². The van der Waals surface area contributed by atoms with Crippen molar-refractivity contribution in [1.82, 2.24) is 14.4 Å². The van der Waals surface area contributed by atoms with E-state index in [1.54, 1.807) is 19.0 Å². The minimum Gasteiger partial charge on any atom is -0.347 e. The third-order valence-corrected chi connectivity index (χ3v) is 5.07. The highest BCUT2D eigenvalue weighted by Crippen LogP contribution is 2.21. The Balaban J connectivity index is 2.10. The molecule has 0 unspecified atom stereocenters. The predicted molar refractivity (Wildman–Crippen MR) is 120 cm³/mol. The second-order valence-electron chi connectivity index (χ2n) is 8.79. The highest BCUT2D eigenvalue weighted by Gasteiger charge is 2.15. The molecular formula is C23H36N4O2. The topological polar surface area (TPSA) is 57.6 Å². The third-order valence-electron chi connectivity index (χ3n) is 5.07. The van der Waals surface area contributed by atoms with E-state index in [0.717, 1.165) is 42.5 Å². The Morgan fingerprint density at radius 1 is 1.00 bits per heavy atom. The first-order valence-corrected chi connectivity index (χ1v) is 10.5. The molecule has 1 aromatic carbocycles. The highest BCUT2D eigenvalue weighted by molar-refractivity contribution is 5.93. The first-order chi connectivity index (χ1) is 13.7. The molecule has 160 valence electrons. The first-order valence-electron chi connectivity index (χ1n) is 10.5. The van der Waals surface area contributed by atoms with E-state index in [1.165, 1.54) is 0 Å². The summed E-state index contributed by atoms with van der Waals surface area (Å²) in [6.45, 7) is 10.6. The van der Waals surface area contributed by atoms with Crippen LogP contribution in [0.2, 0.25) is 0 Å². The Kier molecular flexibility index (Phi) is 8.11. The van der Waals surface area contributed by atoms with Crippen LogP contribution in [0.4, 0.5) is 10.5 Å². The maximum absolute atomic E-state index is 12.9. The zero-order valence-electron chi connectivity index (χ0n) is 18.7. The van der Waals surface area contributed by atoms with E-state index < -0.39 is 0 Å². The van der Waals surface area contributed by atoms with Crippen LogP contribution in [0.3, 0.4) is 0 Å². The summed E-state index contributed by atoms with van der Waals surface area (Å²) in [5, 5.41) is 4.06. The third kappa shape index (κ3) is 6.80. The van der Waals surface area contributed by atoms with Crippen LogP contribution in [0.25, 0.3) is 10.9 Å². The quantitative estimate of drug-likeness (QED) is 0.666. The highest BCUT2D eigenvalue weighted by atomic mass is 16.2. The summed E-state index contributed by atoms with van der Waals surface area (Å²) in [5.41, 5.74) is 1.76. The van der Waals surface area contributed by atoms with Crippen molar-refractivity contribution in [3.63, 3.8) is 0 Å². The smallest absolute Gasteiger partial charge is 0.321 e. The van der Waals surface area contributed by atoms with Crippen molar-refractivity contribution in [2.75, 3.05) is 32.5 Å². The minimum absolute atomic E-state index is 0.0471. The SMILES string of the molecule is CC(C)CCN(CCC(C)C)C(=O)Nc1ccc2c(ccn2CC(=O)N(C)C)c1. The van der Waals surface area contributed by atoms with Gasteiger partial charge in [0.1, 0.15) is 6.54 Å². The normalized spacial score (nSPS) is 11.3. The van der Waals surface area contributed by atoms with Crippen molar-refractivity contribution in [3.05, 3.63) is 30.5 Å². The number of nitrogens with zero attached hydrogens (tertiary/aromatic N) is 3. The minimum atomic E-state index is -0.0483. The molecule has 0 saturated carbocycles. The number of hydrogen-bond donors (Lipinski definition) is 1. The second-order valence-corrected chi connectivity index (χ2v) is 8.79. The summed E-state index contributed by atoms with van der Waals surface area (Å²) in [5.74, 6) is 1.17. The van der Waals surface area contributed by atoms with Crippen molar-refractivity contribution in [2.45, 2.75) is 47.1 Å². The molecule has 6 heteroatoms. The lowest BCUT2D eigenvalue weighted by Crippen LogP contribution is -2.37. The fourth-order valence-electron chi connectivity index (χ4n) is 3.05. The summed E-state index contributed by atoms with van der Waals surface area (Å²) < 4.78 is 1.93. The molecule has 0 aliphatic heterocycles. The molecule has 2 aromatic rings. The number of rotatable bonds is 9. The van der Waals surface area contributed by atoms with Crippen LogP contribution in [-0.4, -0.2) is 53.5 Å². The van der Waals surface area contributed by atoms with Crippen molar-refractivity contribution in [2.24, 2.45) is 11.8 Å². The standard InChI is InChI=1S/C23H36N4O2/c1-17(2)9-12-26(13-10-18(3)4)23(29)24-20-7-8-21-19(15-20)11-14-27(21)16-22(28)25(5)6/h7-8,11,14-15,17-18H,9-10,12-13,16H2,1-6H3,(H,24,29). The van der Waals surface area contributed by atoms with Gasteiger partial charge in [0.15, 0.2) is 0 Å². The fraction of sp³-hybridized carbons (Fsp3) is 0.565. The van der Waals surface area contributed by atoms with Crippen LogP contribution >= 0.6 is 0 Å². The fourth-order valence-corrected chi connectivity index (χ4v) is 3.05. The van der Waals surface area contributed by atoms with Gasteiger partial charge in [-0.15, -0.1) is 0 Å². The molecule has 0 atom stereocenters. The molecule has 0 aliphatic rings. The Morgan fingerprint density at radius 3 is 2.17 bits per heavy atom. The summed E-state index contributed by atoms with van der Waals surface area (Å²) in [6, 6.07) is 7.75. The molecule has 2 rings (SSSR count). The van der Waals surface area contributed by atoms with E-state index in [2.05, 4.69) is 33.0 Å². The summed E-state index contributed by atoms with van der Waals surface area (Å²) in [4.78, 5) is 28.4. The average molecular weight is 401 g/mol. The van der Waals surface area contributed by atoms with Crippen LogP contribution in [0.1, 0.15) is 40.5 Å². The molecule has 0 spiro atoms. The molecule has 0 radical (unpaired) electrons. The van der Waals surface area contributed by atoms with Crippen LogP contribution in [0.15, 0.2) is 30.5 Å². The van der Waals surface area contributed by atoms with Gasteiger partial charge in [0.05, 0.1) is 0 Å². The van der Waals surface area contributed by atoms with Gasteiger partial charge in [-0.05, 0) is 48.9 Å². The maximum atomic E-state index is 12.9. The van der Waals surface area contributed by atoms with Gasteiger partial charge in [0.25, 0.3) is 0 Å². The Hall–Kier alpha value is -2.50. The molecule has 0 aliphatic carbocycles. The number of benzene rings is 1. The number of carbonyl (C=O) groups excluding carboxylic acids is 2. The number of likely N-dealkylation sites (N-methyl/N-ethyl adjacent to an activating group) is 1. The summed E-state index contributed by atoms with van der Waals surface area (Å²) in [7, 11) is 3.51. The molecule has 0 fully saturated rings. The van der Waals surface area contributed by atoms with Gasteiger partial charge < -0.3 is 19.7 Å². The van der Waals surface area contributed by atoms with Gasteiger partial charge in [0.2, 0.25) is 5.91 Å². The lowest BCUT2D eigenvalue weighted by molar-refractivity contribution is -0.129. The van der Waals surface area contributed by atoms with Crippen LogP contribution in [-0.2, 0) is 11.3 Å². The molecule has 1 aromatic heterocycles. The molecule has 0 bridgehead atoms. The number of aromatic nitrogens is 1. The van der Waals surface area contributed by atoms with E-state index in [9.17, 15) is 9.59 Å². The Bertz CT molecular complexity index is 811. The summed E-state index contributed by atoms with van der Waals surface area (Å²) >= 11 is 0. The van der Waals surface area contributed by atoms with Crippen molar-refractivity contribution in [1.29, 1.82) is 0 Å². The monoisotopic (exact) mass is 400 g/mol. The van der Waals surface area contributed by atoms with E-state index in [-0.39, 0.29) is 11.9 Å². The van der Waals surface area contributed by atoms with Gasteiger partial charge in [-0.1, -0.05) is 27.7 Å². The van der Waals surface area contributed by atoms with Crippen LogP contribution < -0.4 is 5.32 Å². The number of fused-ring (bicyclic) bond motifs is 1. The molecule has 1 N–H and O–H groups in total. The molecule has 29 heavy (non-hydrogen) atoms. The molecule has 1 heterocycles. The van der Waals surface area contributed by atoms with Crippen LogP contribution in [0, 0.1) is 11.8 Å². The van der Waals surface area contributed by atoms with E-state index in [1.807, 2.05) is 39.9 Å². The number of carbonyl (C=O) groups is 2. The zero-order valence-corrected chi connectivity index (χ0v) is 18.7. The van der Waals surface area contributed by atoms with E-state index >= 15 is 0 Å². The maximum Gasteiger partial charge on any atom is 0.321 e. The van der Waals surface area contributed by atoms with Crippen molar-refractivity contribution >= 4 is 28.5 Å². The van der Waals surface area contributed by atoms with Gasteiger partial charge in [-0.2, -0.15) is 0 Å². The molecular weight excluding hydrogens is 364 g/mol. The molecule has 3 amide bonds. The molecule has 6 nitrogen and oxygen atoms in total. The number of hydrogen-bond acceptors (Lipinski definition) is 2. The largest absolute Gasteiger partial charge is 0.347 e. The average Bonchev–Trinajstić information content (AvgIpc) is 3.03. The van der Waals surface area contributed by atoms with Crippen molar-refractivity contribution in [3.8, 4) is 0 Å². The number of nitrogens with one attached hydrogen (secondary N) is 1. The van der Waals surface area contributed by atoms with E-state index in [4.69, 9.17) is 0 Å². The van der Waals surface area contributed by atoms with Gasteiger partial charge in [-0.3, -0.25) is 4.79 Å². The zero-order chi connectivity index (χ0) is 21.6. The number of amides is 3. The number of anilines is 1. The molecule has 0 saturated heterocycles. The lowest BCUT2D eigenvalue weighted by atomic mass is 10.1. The Labute approximate surface area is 174 Å². The van der Waals surface area contributed by atoms with Gasteiger partial charge in [-0.25, -0.2) is 4.79 Å². The summed E-state index contributed by atoms with van der Waals surface area (Å²) in [6.07, 6.45) is 3.90. The van der Waals surface area contributed by atoms with Gasteiger partial charge in [0, 0.05) is 50.0 Å². The van der Waals surface area contributed by atoms with Crippen molar-refractivity contribution < 1.29 is 9.59 Å². The van der Waals surface area contributed by atoms with E-state index in [0.29, 0.717) is 18.4 Å². The van der Waals surface area contributed by atoms with Gasteiger partial charge >= 0.3 is 6.03 Å². The first kappa shape index (κ1) is 22.8. The lowest BCUT2D eigenvalue weighted by Gasteiger charge is -2.25.